The van der Waals surface area contributed by atoms with Crippen molar-refractivity contribution in [2.45, 2.75) is 39.0 Å². The van der Waals surface area contributed by atoms with Gasteiger partial charge in [-0.1, -0.05) is 27.7 Å². The Labute approximate surface area is 137 Å². The van der Waals surface area contributed by atoms with E-state index in [1.54, 1.807) is 27.7 Å². The van der Waals surface area contributed by atoms with Crippen molar-refractivity contribution in [1.82, 2.24) is 17.7 Å². The molecule has 0 saturated carbocycles. The lowest BCUT2D eigenvalue weighted by molar-refractivity contribution is -0.0349. The van der Waals surface area contributed by atoms with Crippen LogP contribution in [-0.2, 0) is 0 Å². The molecule has 0 aromatic heterocycles. The Balaban J connectivity index is 2.85. The van der Waals surface area contributed by atoms with Crippen molar-refractivity contribution in [2.24, 2.45) is 11.8 Å². The van der Waals surface area contributed by atoms with Gasteiger partial charge in [-0.3, -0.25) is 0 Å². The second-order valence-electron chi connectivity index (χ2n) is 5.45. The number of rotatable bonds is 2. The normalized spacial score (nSPS) is 34.1. The quantitative estimate of drug-likeness (QED) is 0.701. The van der Waals surface area contributed by atoms with E-state index in [9.17, 15) is 9.59 Å². The van der Waals surface area contributed by atoms with Crippen molar-refractivity contribution in [3.63, 3.8) is 0 Å². The van der Waals surface area contributed by atoms with E-state index >= 15 is 0 Å². The van der Waals surface area contributed by atoms with Gasteiger partial charge in [-0.2, -0.15) is 0 Å². The summed E-state index contributed by atoms with van der Waals surface area (Å²) >= 11 is 24.7. The number of hydrogen-bond acceptors (Lipinski definition) is 2. The highest BCUT2D eigenvalue weighted by atomic mass is 35.5. The zero-order valence-corrected chi connectivity index (χ0v) is 14.3. The summed E-state index contributed by atoms with van der Waals surface area (Å²) in [5, 5.41) is 0. The van der Waals surface area contributed by atoms with E-state index in [1.807, 2.05) is 0 Å². The van der Waals surface area contributed by atoms with Gasteiger partial charge in [-0.15, -0.1) is 0 Å². The molecule has 2 saturated heterocycles. The summed E-state index contributed by atoms with van der Waals surface area (Å²) in [5.74, 6) is -0.638. The number of halogens is 4. The van der Waals surface area contributed by atoms with Crippen molar-refractivity contribution < 1.29 is 9.59 Å². The van der Waals surface area contributed by atoms with Crippen LogP contribution in [0.15, 0.2) is 0 Å². The third kappa shape index (κ3) is 1.34. The second-order valence-corrected chi connectivity index (χ2v) is 6.80. The molecule has 2 aliphatic rings. The summed E-state index contributed by atoms with van der Waals surface area (Å²) in [6.07, 6.45) is 0. The van der Waals surface area contributed by atoms with Crippen LogP contribution in [0.1, 0.15) is 27.7 Å². The number of amides is 4. The molecule has 2 heterocycles. The molecule has 0 bridgehead atoms. The fourth-order valence-corrected chi connectivity index (χ4v) is 5.26. The van der Waals surface area contributed by atoms with E-state index in [0.29, 0.717) is 0 Å². The van der Waals surface area contributed by atoms with Crippen LogP contribution < -0.4 is 0 Å². The van der Waals surface area contributed by atoms with Crippen molar-refractivity contribution in [1.29, 1.82) is 0 Å². The summed E-state index contributed by atoms with van der Waals surface area (Å²) in [6.45, 7) is 7.15. The predicted molar refractivity (Wildman–Crippen MR) is 76.7 cm³/mol. The molecule has 0 spiro atoms. The number of fused-ring (bicyclic) bond motifs is 1. The Hall–Kier alpha value is -0.300. The van der Waals surface area contributed by atoms with Crippen LogP contribution in [0.3, 0.4) is 0 Å². The van der Waals surface area contributed by atoms with E-state index < -0.39 is 23.4 Å². The minimum atomic E-state index is -1.39. The monoisotopic (exact) mass is 362 g/mol. The molecule has 0 N–H and O–H groups in total. The average Bonchev–Trinajstić information content (AvgIpc) is 2.66. The topological polar surface area (TPSA) is 47.1 Å². The first-order chi connectivity index (χ1) is 9.09. The molecule has 10 heteroatoms. The highest BCUT2D eigenvalue weighted by molar-refractivity contribution is 6.35. The number of nitrogens with zero attached hydrogens (tertiary/aromatic N) is 4. The van der Waals surface area contributed by atoms with Crippen LogP contribution in [0.2, 0.25) is 0 Å². The molecule has 6 nitrogen and oxygen atoms in total. The van der Waals surface area contributed by atoms with Crippen molar-refractivity contribution in [3.05, 3.63) is 0 Å². The van der Waals surface area contributed by atoms with Crippen LogP contribution in [0.25, 0.3) is 0 Å². The molecular weight excluding hydrogens is 350 g/mol. The number of carbonyl (C=O) groups is 2. The molecule has 2 rings (SSSR count). The largest absolute Gasteiger partial charge is 0.353 e. The van der Waals surface area contributed by atoms with Crippen molar-refractivity contribution in [3.8, 4) is 0 Å². The SMILES string of the molecule is CC(C)C12N(Cl)C(=O)N(Cl)C1(C(C)C)N(Cl)C(=O)N2Cl. The van der Waals surface area contributed by atoms with Gasteiger partial charge in [0, 0.05) is 58.9 Å². The van der Waals surface area contributed by atoms with Crippen molar-refractivity contribution >= 4 is 59.2 Å². The molecule has 20 heavy (non-hydrogen) atoms. The summed E-state index contributed by atoms with van der Waals surface area (Å²) in [4.78, 5) is 24.5. The Morgan fingerprint density at radius 3 is 1.05 bits per heavy atom. The molecule has 0 aliphatic carbocycles. The molecule has 0 atom stereocenters. The highest BCUT2D eigenvalue weighted by Gasteiger charge is 2.81. The molecule has 114 valence electrons. The smallest absolute Gasteiger partial charge is 0.245 e. The third-order valence-electron chi connectivity index (χ3n) is 4.02. The summed E-state index contributed by atoms with van der Waals surface area (Å²) in [5.41, 5.74) is -2.77. The molecule has 4 amide bonds. The molecule has 0 radical (unpaired) electrons. The lowest BCUT2D eigenvalue weighted by Gasteiger charge is -2.47. The molecule has 0 unspecified atom stereocenters. The van der Waals surface area contributed by atoms with E-state index in [4.69, 9.17) is 47.1 Å². The first-order valence-corrected chi connectivity index (χ1v) is 7.36. The second kappa shape index (κ2) is 4.60. The van der Waals surface area contributed by atoms with E-state index in [1.165, 1.54) is 0 Å². The van der Waals surface area contributed by atoms with E-state index in [0.717, 1.165) is 17.7 Å². The van der Waals surface area contributed by atoms with Gasteiger partial charge in [0.05, 0.1) is 0 Å². The van der Waals surface area contributed by atoms with E-state index in [-0.39, 0.29) is 11.8 Å². The number of urea groups is 2. The molecule has 2 fully saturated rings. The Morgan fingerprint density at radius 2 is 0.900 bits per heavy atom. The Bertz CT molecular complexity index is 406. The maximum absolute atomic E-state index is 12.2. The molecule has 2 aliphatic heterocycles. The van der Waals surface area contributed by atoms with Crippen LogP contribution >= 0.6 is 47.1 Å². The minimum Gasteiger partial charge on any atom is -0.245 e. The van der Waals surface area contributed by atoms with Gasteiger partial charge in [0.25, 0.3) is 0 Å². The zero-order chi connectivity index (χ0) is 15.6. The zero-order valence-electron chi connectivity index (χ0n) is 11.3. The molecule has 0 aromatic carbocycles. The lowest BCUT2D eigenvalue weighted by atomic mass is 9.78. The first-order valence-electron chi connectivity index (χ1n) is 6.01. The lowest BCUT2D eigenvalue weighted by Crippen LogP contribution is -2.68. The Morgan fingerprint density at radius 1 is 0.700 bits per heavy atom. The first kappa shape index (κ1) is 16.1. The van der Waals surface area contributed by atoms with Gasteiger partial charge in [-0.25, -0.2) is 27.3 Å². The maximum Gasteiger partial charge on any atom is 0.353 e. The number of hydrogen-bond donors (Lipinski definition) is 0. The fraction of sp³-hybridized carbons (Fsp3) is 0.800. The van der Waals surface area contributed by atoms with Gasteiger partial charge < -0.3 is 0 Å². The summed E-state index contributed by atoms with van der Waals surface area (Å²) < 4.78 is 3.44. The van der Waals surface area contributed by atoms with Crippen LogP contribution in [0.5, 0.6) is 0 Å². The average molecular weight is 364 g/mol. The van der Waals surface area contributed by atoms with Gasteiger partial charge in [0.1, 0.15) is 0 Å². The Kier molecular flexibility index (Phi) is 3.70. The van der Waals surface area contributed by atoms with Crippen LogP contribution in [-0.4, -0.2) is 41.1 Å². The molecular formula is C10H14Cl4N4O2. The third-order valence-corrected chi connectivity index (χ3v) is 5.63. The number of carbonyl (C=O) groups excluding carboxylic acids is 2. The molecule has 0 aromatic rings. The van der Waals surface area contributed by atoms with Gasteiger partial charge in [0.15, 0.2) is 11.3 Å². The van der Waals surface area contributed by atoms with Gasteiger partial charge in [0.2, 0.25) is 0 Å². The van der Waals surface area contributed by atoms with Gasteiger partial charge >= 0.3 is 12.1 Å². The van der Waals surface area contributed by atoms with E-state index in [2.05, 4.69) is 0 Å². The van der Waals surface area contributed by atoms with Crippen LogP contribution in [0.4, 0.5) is 9.59 Å². The standard InChI is InChI=1S/C10H14Cl4N4O2/c1-5(2)9-10(6(3)4,17(13)7(19)15(9)11)18(14)8(20)16(9)12/h5-6H,1-4H3. The van der Waals surface area contributed by atoms with Gasteiger partial charge in [-0.05, 0) is 0 Å². The van der Waals surface area contributed by atoms with Crippen molar-refractivity contribution in [2.75, 3.05) is 0 Å². The summed E-state index contributed by atoms with van der Waals surface area (Å²) in [7, 11) is 0. The fourth-order valence-electron chi connectivity index (χ4n) is 3.23. The summed E-state index contributed by atoms with van der Waals surface area (Å²) in [6, 6.07) is -1.36. The minimum absolute atomic E-state index is 0.319. The highest BCUT2D eigenvalue weighted by Crippen LogP contribution is 2.60. The van der Waals surface area contributed by atoms with Crippen LogP contribution in [0, 0.1) is 11.8 Å². The predicted octanol–water partition coefficient (Wildman–Crippen LogP) is 3.78. The maximum atomic E-state index is 12.2.